The van der Waals surface area contributed by atoms with Gasteiger partial charge in [0.25, 0.3) is 0 Å². The molecule has 0 amide bonds. The second-order valence-electron chi connectivity index (χ2n) is 5.12. The lowest BCUT2D eigenvalue weighted by Gasteiger charge is -2.26. The van der Waals surface area contributed by atoms with E-state index in [-0.39, 0.29) is 0 Å². The fraction of sp³-hybridized carbons (Fsp3) is 0.667. The molecule has 0 saturated heterocycles. The maximum absolute atomic E-state index is 6.21. The second-order valence-corrected chi connectivity index (χ2v) is 9.28. The van der Waals surface area contributed by atoms with Gasteiger partial charge in [0, 0.05) is 0 Å². The minimum absolute atomic E-state index is 0.382. The Kier molecular flexibility index (Phi) is 3.73. The highest BCUT2D eigenvalue weighted by Gasteiger charge is 2.28. The Morgan fingerprint density at radius 1 is 1.64 bits per heavy atom. The molecule has 1 aliphatic heterocycles. The first kappa shape index (κ1) is 11.7. The zero-order chi connectivity index (χ0) is 10.8. The van der Waals surface area contributed by atoms with E-state index in [2.05, 4.69) is 39.6 Å². The maximum atomic E-state index is 6.21. The van der Waals surface area contributed by atoms with Crippen molar-refractivity contribution in [1.29, 1.82) is 0 Å². The van der Waals surface area contributed by atoms with E-state index < -0.39 is 8.32 Å². The Balaban J connectivity index is 2.68. The third kappa shape index (κ3) is 3.80. The Morgan fingerprint density at radius 2 is 2.29 bits per heavy atom. The molecule has 0 bridgehead atoms. The van der Waals surface area contributed by atoms with Crippen LogP contribution in [-0.4, -0.2) is 14.4 Å². The molecule has 0 aromatic carbocycles. The van der Waals surface area contributed by atoms with Gasteiger partial charge in [-0.25, -0.2) is 0 Å². The first-order chi connectivity index (χ1) is 6.39. The standard InChI is InChI=1S/C12H22OSi/c1-10(2)8-12-9-11(3)6-7-14(4,5)13-12/h6,12H,1,7-9H2,2-5H3. The summed E-state index contributed by atoms with van der Waals surface area (Å²) in [6, 6.07) is 1.16. The van der Waals surface area contributed by atoms with Gasteiger partial charge < -0.3 is 4.43 Å². The van der Waals surface area contributed by atoms with Crippen molar-refractivity contribution in [3.63, 3.8) is 0 Å². The van der Waals surface area contributed by atoms with Crippen LogP contribution in [0.3, 0.4) is 0 Å². The van der Waals surface area contributed by atoms with Gasteiger partial charge in [0.2, 0.25) is 0 Å². The smallest absolute Gasteiger partial charge is 0.190 e. The lowest BCUT2D eigenvalue weighted by molar-refractivity contribution is 0.196. The molecule has 1 atom stereocenters. The first-order valence-corrected chi connectivity index (χ1v) is 8.48. The molecule has 0 aromatic heterocycles. The minimum Gasteiger partial charge on any atom is -0.414 e. The van der Waals surface area contributed by atoms with Crippen LogP contribution < -0.4 is 0 Å². The summed E-state index contributed by atoms with van der Waals surface area (Å²) in [6.07, 6.45) is 4.85. The summed E-state index contributed by atoms with van der Waals surface area (Å²) < 4.78 is 6.21. The summed E-state index contributed by atoms with van der Waals surface area (Å²) >= 11 is 0. The highest BCUT2D eigenvalue weighted by Crippen LogP contribution is 2.26. The Labute approximate surface area is 89.0 Å². The lowest BCUT2D eigenvalue weighted by Crippen LogP contribution is -2.33. The lowest BCUT2D eigenvalue weighted by atomic mass is 10.0. The van der Waals surface area contributed by atoms with Gasteiger partial charge in [-0.15, -0.1) is 6.58 Å². The molecule has 2 heteroatoms. The molecular weight excluding hydrogens is 188 g/mol. The molecule has 0 N–H and O–H groups in total. The van der Waals surface area contributed by atoms with Crippen molar-refractivity contribution in [1.82, 2.24) is 0 Å². The van der Waals surface area contributed by atoms with Crippen LogP contribution in [0.4, 0.5) is 0 Å². The topological polar surface area (TPSA) is 9.23 Å². The van der Waals surface area contributed by atoms with Crippen molar-refractivity contribution in [2.45, 2.75) is 51.9 Å². The Hall–Kier alpha value is -0.343. The molecule has 14 heavy (non-hydrogen) atoms. The number of allylic oxidation sites excluding steroid dienone is 1. The molecule has 1 nitrogen and oxygen atoms in total. The van der Waals surface area contributed by atoms with Gasteiger partial charge in [0.05, 0.1) is 6.10 Å². The van der Waals surface area contributed by atoms with E-state index >= 15 is 0 Å². The normalized spacial score (nSPS) is 26.6. The highest BCUT2D eigenvalue weighted by atomic mass is 28.4. The SMILES string of the molecule is C=C(C)CC1CC(C)=CC[Si](C)(C)O1. The van der Waals surface area contributed by atoms with E-state index in [0.717, 1.165) is 18.9 Å². The summed E-state index contributed by atoms with van der Waals surface area (Å²) in [4.78, 5) is 0. The van der Waals surface area contributed by atoms with E-state index in [4.69, 9.17) is 4.43 Å². The van der Waals surface area contributed by atoms with Crippen LogP contribution in [0.2, 0.25) is 19.1 Å². The van der Waals surface area contributed by atoms with Crippen molar-refractivity contribution < 1.29 is 4.43 Å². The van der Waals surface area contributed by atoms with Crippen molar-refractivity contribution in [2.75, 3.05) is 0 Å². The minimum atomic E-state index is -1.43. The van der Waals surface area contributed by atoms with E-state index in [1.165, 1.54) is 11.1 Å². The molecule has 0 fully saturated rings. The van der Waals surface area contributed by atoms with E-state index in [1.807, 2.05) is 0 Å². The molecule has 0 radical (unpaired) electrons. The van der Waals surface area contributed by atoms with Gasteiger partial charge in [0.1, 0.15) is 0 Å². The number of hydrogen-bond acceptors (Lipinski definition) is 1. The predicted molar refractivity (Wildman–Crippen MR) is 65.0 cm³/mol. The van der Waals surface area contributed by atoms with Gasteiger partial charge in [-0.05, 0) is 45.8 Å². The van der Waals surface area contributed by atoms with Gasteiger partial charge in [-0.2, -0.15) is 0 Å². The van der Waals surface area contributed by atoms with Gasteiger partial charge in [-0.3, -0.25) is 0 Å². The summed E-state index contributed by atoms with van der Waals surface area (Å²) in [5.74, 6) is 0. The quantitative estimate of drug-likeness (QED) is 0.496. The molecule has 1 aliphatic rings. The molecule has 0 aliphatic carbocycles. The highest BCUT2D eigenvalue weighted by molar-refractivity contribution is 6.71. The zero-order valence-corrected chi connectivity index (χ0v) is 10.9. The van der Waals surface area contributed by atoms with Crippen molar-refractivity contribution in [2.24, 2.45) is 0 Å². The van der Waals surface area contributed by atoms with Crippen LogP contribution in [0.25, 0.3) is 0 Å². The molecule has 1 heterocycles. The molecule has 80 valence electrons. The fourth-order valence-electron chi connectivity index (χ4n) is 1.91. The molecule has 1 rings (SSSR count). The van der Waals surface area contributed by atoms with Crippen molar-refractivity contribution >= 4 is 8.32 Å². The van der Waals surface area contributed by atoms with E-state index in [1.54, 1.807) is 0 Å². The van der Waals surface area contributed by atoms with E-state index in [9.17, 15) is 0 Å². The maximum Gasteiger partial charge on any atom is 0.190 e. The van der Waals surface area contributed by atoms with Gasteiger partial charge in [-0.1, -0.05) is 17.2 Å². The zero-order valence-electron chi connectivity index (χ0n) is 9.89. The molecule has 0 spiro atoms. The molecule has 1 unspecified atom stereocenters. The largest absolute Gasteiger partial charge is 0.414 e. The van der Waals surface area contributed by atoms with Crippen LogP contribution in [0.15, 0.2) is 23.8 Å². The van der Waals surface area contributed by atoms with Crippen molar-refractivity contribution in [3.05, 3.63) is 23.8 Å². The van der Waals surface area contributed by atoms with Gasteiger partial charge in [0.15, 0.2) is 8.32 Å². The first-order valence-electron chi connectivity index (χ1n) is 5.37. The Bertz CT molecular complexity index is 253. The summed E-state index contributed by atoms with van der Waals surface area (Å²) in [5.41, 5.74) is 2.71. The van der Waals surface area contributed by atoms with Crippen LogP contribution >= 0.6 is 0 Å². The monoisotopic (exact) mass is 210 g/mol. The van der Waals surface area contributed by atoms with Crippen LogP contribution in [0, 0.1) is 0 Å². The fourth-order valence-corrected chi connectivity index (χ4v) is 3.91. The summed E-state index contributed by atoms with van der Waals surface area (Å²) in [6.45, 7) is 12.9. The second kappa shape index (κ2) is 4.45. The third-order valence-electron chi connectivity index (χ3n) is 2.55. The molecule has 0 saturated carbocycles. The average molecular weight is 210 g/mol. The summed E-state index contributed by atoms with van der Waals surface area (Å²) in [5, 5.41) is 0. The van der Waals surface area contributed by atoms with E-state index in [0.29, 0.717) is 6.10 Å². The Morgan fingerprint density at radius 3 is 2.86 bits per heavy atom. The number of hydrogen-bond donors (Lipinski definition) is 0. The molecule has 0 aromatic rings. The molecular formula is C12H22OSi. The van der Waals surface area contributed by atoms with Crippen LogP contribution in [0.1, 0.15) is 26.7 Å². The van der Waals surface area contributed by atoms with Crippen molar-refractivity contribution in [3.8, 4) is 0 Å². The van der Waals surface area contributed by atoms with Gasteiger partial charge >= 0.3 is 0 Å². The third-order valence-corrected chi connectivity index (χ3v) is 4.71. The average Bonchev–Trinajstić information content (AvgIpc) is 2.08. The predicted octanol–water partition coefficient (Wildman–Crippen LogP) is 3.89. The summed E-state index contributed by atoms with van der Waals surface area (Å²) in [7, 11) is -1.43. The number of rotatable bonds is 2. The van der Waals surface area contributed by atoms with Crippen LogP contribution in [-0.2, 0) is 4.43 Å². The van der Waals surface area contributed by atoms with Crippen LogP contribution in [0.5, 0.6) is 0 Å².